The number of thioether (sulfide) groups is 1. The quantitative estimate of drug-likeness (QED) is 0.682. The second kappa shape index (κ2) is 7.20. The van der Waals surface area contributed by atoms with Gasteiger partial charge in [0.05, 0.1) is 0 Å². The van der Waals surface area contributed by atoms with Crippen LogP contribution in [0.15, 0.2) is 23.5 Å². The molecule has 5 nitrogen and oxygen atoms in total. The minimum Gasteiger partial charge on any atom is -0.356 e. The molecule has 1 aromatic rings. The van der Waals surface area contributed by atoms with Crippen LogP contribution in [0.3, 0.4) is 0 Å². The van der Waals surface area contributed by atoms with E-state index in [0.29, 0.717) is 10.7 Å². The second-order valence-corrected chi connectivity index (χ2v) is 8.09. The largest absolute Gasteiger partial charge is 0.356 e. The third-order valence-electron chi connectivity index (χ3n) is 3.60. The van der Waals surface area contributed by atoms with Gasteiger partial charge in [-0.3, -0.25) is 9.67 Å². The summed E-state index contributed by atoms with van der Waals surface area (Å²) in [6, 6.07) is 1.96. The maximum atomic E-state index is 4.45. The van der Waals surface area contributed by atoms with Gasteiger partial charge in [0.1, 0.15) is 0 Å². The van der Waals surface area contributed by atoms with E-state index in [1.54, 1.807) is 0 Å². The van der Waals surface area contributed by atoms with Crippen molar-refractivity contribution < 1.29 is 0 Å². The molecule has 1 fully saturated rings. The van der Waals surface area contributed by atoms with Gasteiger partial charge in [-0.1, -0.05) is 6.92 Å². The SMILES string of the molecule is CN=C(NCC(C)Cn1cccn1)N1CCSC(C)(C)C1. The van der Waals surface area contributed by atoms with Gasteiger partial charge in [-0.2, -0.15) is 16.9 Å². The van der Waals surface area contributed by atoms with Crippen LogP contribution < -0.4 is 5.32 Å². The van der Waals surface area contributed by atoms with Crippen LogP contribution in [0.4, 0.5) is 0 Å². The zero-order chi connectivity index (χ0) is 15.3. The summed E-state index contributed by atoms with van der Waals surface area (Å²) in [6.45, 7) is 10.8. The van der Waals surface area contributed by atoms with Crippen molar-refractivity contribution in [2.24, 2.45) is 10.9 Å². The number of nitrogens with zero attached hydrogens (tertiary/aromatic N) is 4. The molecule has 1 atom stereocenters. The highest BCUT2D eigenvalue weighted by Crippen LogP contribution is 2.29. The molecular formula is C15H27N5S. The second-order valence-electron chi connectivity index (χ2n) is 6.29. The van der Waals surface area contributed by atoms with E-state index in [-0.39, 0.29) is 0 Å². The lowest BCUT2D eigenvalue weighted by molar-refractivity contribution is 0.367. The van der Waals surface area contributed by atoms with Crippen LogP contribution in [-0.4, -0.2) is 57.8 Å². The molecule has 0 amide bonds. The lowest BCUT2D eigenvalue weighted by Gasteiger charge is -2.39. The van der Waals surface area contributed by atoms with Crippen molar-refractivity contribution in [3.63, 3.8) is 0 Å². The Labute approximate surface area is 132 Å². The molecule has 21 heavy (non-hydrogen) atoms. The first-order valence-electron chi connectivity index (χ1n) is 7.57. The molecule has 1 saturated heterocycles. The van der Waals surface area contributed by atoms with Gasteiger partial charge in [0, 0.05) is 56.1 Å². The first-order valence-corrected chi connectivity index (χ1v) is 8.56. The molecule has 0 spiro atoms. The molecule has 118 valence electrons. The van der Waals surface area contributed by atoms with Crippen LogP contribution in [-0.2, 0) is 6.54 Å². The summed E-state index contributed by atoms with van der Waals surface area (Å²) < 4.78 is 2.28. The van der Waals surface area contributed by atoms with Gasteiger partial charge >= 0.3 is 0 Å². The van der Waals surface area contributed by atoms with Gasteiger partial charge in [-0.25, -0.2) is 0 Å². The predicted molar refractivity (Wildman–Crippen MR) is 90.9 cm³/mol. The highest BCUT2D eigenvalue weighted by Gasteiger charge is 2.28. The Hall–Kier alpha value is -1.17. The number of hydrogen-bond donors (Lipinski definition) is 1. The van der Waals surface area contributed by atoms with Gasteiger partial charge in [0.15, 0.2) is 5.96 Å². The van der Waals surface area contributed by atoms with E-state index in [2.05, 4.69) is 41.1 Å². The van der Waals surface area contributed by atoms with Crippen LogP contribution >= 0.6 is 11.8 Å². The van der Waals surface area contributed by atoms with Crippen molar-refractivity contribution in [2.45, 2.75) is 32.1 Å². The van der Waals surface area contributed by atoms with Crippen LogP contribution in [0.5, 0.6) is 0 Å². The van der Waals surface area contributed by atoms with E-state index in [0.717, 1.165) is 37.9 Å². The Morgan fingerprint density at radius 3 is 2.95 bits per heavy atom. The molecule has 1 aliphatic heterocycles. The van der Waals surface area contributed by atoms with E-state index in [1.807, 2.05) is 42.0 Å². The van der Waals surface area contributed by atoms with Gasteiger partial charge in [-0.15, -0.1) is 0 Å². The Morgan fingerprint density at radius 2 is 2.33 bits per heavy atom. The van der Waals surface area contributed by atoms with Crippen LogP contribution in [0.2, 0.25) is 0 Å². The third-order valence-corrected chi connectivity index (χ3v) is 4.90. The van der Waals surface area contributed by atoms with Gasteiger partial charge in [0.25, 0.3) is 0 Å². The minimum absolute atomic E-state index is 0.302. The highest BCUT2D eigenvalue weighted by molar-refractivity contribution is 8.00. The van der Waals surface area contributed by atoms with E-state index < -0.39 is 0 Å². The number of aromatic nitrogens is 2. The molecule has 0 bridgehead atoms. The molecule has 1 N–H and O–H groups in total. The number of hydrogen-bond acceptors (Lipinski definition) is 3. The van der Waals surface area contributed by atoms with Crippen molar-refractivity contribution in [3.05, 3.63) is 18.5 Å². The monoisotopic (exact) mass is 309 g/mol. The Morgan fingerprint density at radius 1 is 1.52 bits per heavy atom. The lowest BCUT2D eigenvalue weighted by Crippen LogP contribution is -2.51. The number of guanidine groups is 1. The summed E-state index contributed by atoms with van der Waals surface area (Å²) in [7, 11) is 1.87. The Bertz CT molecular complexity index is 455. The fourth-order valence-electron chi connectivity index (χ4n) is 2.59. The molecule has 1 unspecified atom stereocenters. The third kappa shape index (κ3) is 4.95. The molecule has 6 heteroatoms. The van der Waals surface area contributed by atoms with E-state index in [9.17, 15) is 0 Å². The van der Waals surface area contributed by atoms with Crippen LogP contribution in [0.1, 0.15) is 20.8 Å². The summed E-state index contributed by atoms with van der Waals surface area (Å²) in [5.74, 6) is 2.70. The average molecular weight is 309 g/mol. The maximum absolute atomic E-state index is 4.45. The van der Waals surface area contributed by atoms with E-state index in [4.69, 9.17) is 0 Å². The zero-order valence-corrected chi connectivity index (χ0v) is 14.4. The van der Waals surface area contributed by atoms with Crippen molar-refractivity contribution in [2.75, 3.05) is 32.4 Å². The molecule has 1 aromatic heterocycles. The van der Waals surface area contributed by atoms with Crippen LogP contribution in [0.25, 0.3) is 0 Å². The number of rotatable bonds is 4. The standard InChI is InChI=1S/C15H27N5S/c1-13(11-20-7-5-6-18-20)10-17-14(16-4)19-8-9-21-15(2,3)12-19/h5-7,13H,8-12H2,1-4H3,(H,16,17). The Kier molecular flexibility index (Phi) is 5.56. The summed E-state index contributed by atoms with van der Waals surface area (Å²) in [6.07, 6.45) is 3.84. The summed E-state index contributed by atoms with van der Waals surface area (Å²) in [5, 5.41) is 7.77. The Balaban J connectivity index is 1.82. The highest BCUT2D eigenvalue weighted by atomic mass is 32.2. The molecule has 2 rings (SSSR count). The smallest absolute Gasteiger partial charge is 0.193 e. The topological polar surface area (TPSA) is 45.5 Å². The fourth-order valence-corrected chi connectivity index (χ4v) is 3.70. The van der Waals surface area contributed by atoms with Crippen molar-refractivity contribution >= 4 is 17.7 Å². The molecule has 0 saturated carbocycles. The van der Waals surface area contributed by atoms with Gasteiger partial charge < -0.3 is 10.2 Å². The van der Waals surface area contributed by atoms with Gasteiger partial charge in [0.2, 0.25) is 0 Å². The summed E-state index contributed by atoms with van der Waals surface area (Å²) in [4.78, 5) is 6.82. The molecule has 1 aliphatic rings. The molecule has 0 aromatic carbocycles. The van der Waals surface area contributed by atoms with E-state index >= 15 is 0 Å². The maximum Gasteiger partial charge on any atom is 0.193 e. The van der Waals surface area contributed by atoms with Gasteiger partial charge in [-0.05, 0) is 25.8 Å². The lowest BCUT2D eigenvalue weighted by atomic mass is 10.2. The summed E-state index contributed by atoms with van der Waals surface area (Å²) >= 11 is 2.04. The van der Waals surface area contributed by atoms with E-state index in [1.165, 1.54) is 0 Å². The molecular weight excluding hydrogens is 282 g/mol. The van der Waals surface area contributed by atoms with Crippen LogP contribution in [0, 0.1) is 5.92 Å². The molecule has 0 aliphatic carbocycles. The number of nitrogens with one attached hydrogen (secondary N) is 1. The number of aliphatic imine (C=N–C) groups is 1. The minimum atomic E-state index is 0.302. The predicted octanol–water partition coefficient (Wildman–Crippen LogP) is 1.92. The van der Waals surface area contributed by atoms with Crippen molar-refractivity contribution in [3.8, 4) is 0 Å². The molecule has 0 radical (unpaired) electrons. The van der Waals surface area contributed by atoms with Crippen molar-refractivity contribution in [1.29, 1.82) is 0 Å². The summed E-state index contributed by atoms with van der Waals surface area (Å²) in [5.41, 5.74) is 0. The average Bonchev–Trinajstić information content (AvgIpc) is 2.91. The normalized spacial score (nSPS) is 20.4. The molecule has 2 heterocycles. The first-order chi connectivity index (χ1) is 10.00. The zero-order valence-electron chi connectivity index (χ0n) is 13.5. The first kappa shape index (κ1) is 16.2. The fraction of sp³-hybridized carbons (Fsp3) is 0.733. The van der Waals surface area contributed by atoms with Crippen molar-refractivity contribution in [1.82, 2.24) is 20.0 Å².